The number of aliphatic hydroxyl groups excluding tert-OH is 3. The van der Waals surface area contributed by atoms with Gasteiger partial charge in [-0.05, 0) is 11.1 Å². The van der Waals surface area contributed by atoms with E-state index in [4.69, 9.17) is 9.84 Å². The van der Waals surface area contributed by atoms with Crippen LogP contribution in [0, 0.1) is 5.92 Å². The SMILES string of the molecule is O=C1C=C(O)C(/C=C\Br)=CC1[C@H]1C[C@H](O)[C@@H](CO)O1. The highest BCUT2D eigenvalue weighted by atomic mass is 79.9. The van der Waals surface area contributed by atoms with E-state index < -0.39 is 24.2 Å². The zero-order chi connectivity index (χ0) is 14.0. The van der Waals surface area contributed by atoms with E-state index in [1.807, 2.05) is 0 Å². The first kappa shape index (κ1) is 14.5. The standard InChI is InChI=1S/C13H15BrO5/c14-2-1-7-3-8(10(17)4-9(7)16)12-5-11(18)13(6-15)19-12/h1-4,8,11-13,15-16,18H,5-6H2/b2-1-/t8?,11-,12+,13+/m0/s1. The van der Waals surface area contributed by atoms with E-state index in [1.54, 1.807) is 17.1 Å². The predicted octanol–water partition coefficient (Wildman–Crippen LogP) is 0.973. The Balaban J connectivity index is 2.19. The molecule has 104 valence electrons. The molecule has 1 saturated heterocycles. The molecule has 0 aromatic rings. The normalized spacial score (nSPS) is 35.6. The number of allylic oxidation sites excluding steroid dienone is 2. The van der Waals surface area contributed by atoms with Crippen LogP contribution in [-0.4, -0.2) is 46.0 Å². The van der Waals surface area contributed by atoms with Gasteiger partial charge in [-0.25, -0.2) is 0 Å². The van der Waals surface area contributed by atoms with E-state index in [0.717, 1.165) is 6.08 Å². The predicted molar refractivity (Wildman–Crippen MR) is 71.7 cm³/mol. The van der Waals surface area contributed by atoms with Crippen molar-refractivity contribution in [3.63, 3.8) is 0 Å². The lowest BCUT2D eigenvalue weighted by molar-refractivity contribution is -0.121. The number of aliphatic hydroxyl groups is 3. The number of halogens is 1. The number of carbonyl (C=O) groups excluding carboxylic acids is 1. The summed E-state index contributed by atoms with van der Waals surface area (Å²) in [4.78, 5) is 13.5. The molecule has 6 heteroatoms. The van der Waals surface area contributed by atoms with Gasteiger partial charge >= 0.3 is 0 Å². The second-order valence-electron chi connectivity index (χ2n) is 4.57. The number of carbonyl (C=O) groups is 1. The zero-order valence-electron chi connectivity index (χ0n) is 10.1. The molecule has 0 saturated carbocycles. The van der Waals surface area contributed by atoms with Crippen LogP contribution >= 0.6 is 15.9 Å². The Morgan fingerprint density at radius 1 is 1.53 bits per heavy atom. The Morgan fingerprint density at radius 2 is 2.26 bits per heavy atom. The lowest BCUT2D eigenvalue weighted by Crippen LogP contribution is -2.29. The van der Waals surface area contributed by atoms with Crippen molar-refractivity contribution in [3.05, 3.63) is 34.5 Å². The van der Waals surface area contributed by atoms with E-state index in [0.29, 0.717) is 5.57 Å². The van der Waals surface area contributed by atoms with Crippen LogP contribution in [0.25, 0.3) is 0 Å². The Bertz CT molecular complexity index is 454. The Labute approximate surface area is 119 Å². The molecule has 1 aliphatic carbocycles. The molecule has 1 unspecified atom stereocenters. The second-order valence-corrected chi connectivity index (χ2v) is 5.10. The van der Waals surface area contributed by atoms with Crippen molar-refractivity contribution in [2.45, 2.75) is 24.7 Å². The fourth-order valence-corrected chi connectivity index (χ4v) is 2.62. The van der Waals surface area contributed by atoms with Crippen LogP contribution in [0.5, 0.6) is 0 Å². The molecular weight excluding hydrogens is 316 g/mol. The highest BCUT2D eigenvalue weighted by Crippen LogP contribution is 2.31. The highest BCUT2D eigenvalue weighted by Gasteiger charge is 2.40. The second kappa shape index (κ2) is 6.00. The number of ether oxygens (including phenoxy) is 1. The molecule has 0 spiro atoms. The summed E-state index contributed by atoms with van der Waals surface area (Å²) in [6.07, 6.45) is 2.79. The molecule has 5 nitrogen and oxygen atoms in total. The van der Waals surface area contributed by atoms with Gasteiger partial charge in [-0.2, -0.15) is 0 Å². The van der Waals surface area contributed by atoms with Crippen LogP contribution in [0.1, 0.15) is 6.42 Å². The van der Waals surface area contributed by atoms with Gasteiger partial charge in [0.25, 0.3) is 0 Å². The molecule has 2 rings (SSSR count). The summed E-state index contributed by atoms with van der Waals surface area (Å²) in [7, 11) is 0. The Hall–Kier alpha value is -0.950. The van der Waals surface area contributed by atoms with Crippen molar-refractivity contribution < 1.29 is 24.9 Å². The lowest BCUT2D eigenvalue weighted by atomic mass is 9.87. The molecule has 0 bridgehead atoms. The minimum absolute atomic E-state index is 0.0887. The third-order valence-electron chi connectivity index (χ3n) is 3.34. The first-order chi connectivity index (χ1) is 9.06. The van der Waals surface area contributed by atoms with Crippen LogP contribution in [0.15, 0.2) is 34.5 Å². The lowest BCUT2D eigenvalue weighted by Gasteiger charge is -2.22. The topological polar surface area (TPSA) is 87.0 Å². The summed E-state index contributed by atoms with van der Waals surface area (Å²) >= 11 is 3.11. The first-order valence-electron chi connectivity index (χ1n) is 5.94. The van der Waals surface area contributed by atoms with Gasteiger partial charge in [0, 0.05) is 18.1 Å². The fourth-order valence-electron chi connectivity index (χ4n) is 2.33. The molecule has 0 aromatic heterocycles. The average molecular weight is 331 g/mol. The maximum Gasteiger partial charge on any atom is 0.168 e. The number of hydrogen-bond donors (Lipinski definition) is 3. The molecule has 19 heavy (non-hydrogen) atoms. The summed E-state index contributed by atoms with van der Waals surface area (Å²) in [5, 5.41) is 28.4. The zero-order valence-corrected chi connectivity index (χ0v) is 11.7. The summed E-state index contributed by atoms with van der Waals surface area (Å²) in [6, 6.07) is 0. The molecule has 0 aromatic carbocycles. The van der Waals surface area contributed by atoms with Gasteiger partial charge in [-0.3, -0.25) is 4.79 Å². The maximum absolute atomic E-state index is 11.9. The largest absolute Gasteiger partial charge is 0.507 e. The molecule has 1 fully saturated rings. The summed E-state index contributed by atoms with van der Waals surface area (Å²) in [5.74, 6) is -0.907. The van der Waals surface area contributed by atoms with Crippen LogP contribution in [0.3, 0.4) is 0 Å². The molecule has 0 amide bonds. The van der Waals surface area contributed by atoms with E-state index in [2.05, 4.69) is 15.9 Å². The number of rotatable bonds is 3. The van der Waals surface area contributed by atoms with Crippen molar-refractivity contribution in [2.75, 3.05) is 6.61 Å². The van der Waals surface area contributed by atoms with E-state index in [9.17, 15) is 15.0 Å². The quantitative estimate of drug-likeness (QED) is 0.717. The van der Waals surface area contributed by atoms with Crippen LogP contribution in [0.2, 0.25) is 0 Å². The Kier molecular flexibility index (Phi) is 4.57. The van der Waals surface area contributed by atoms with E-state index in [-0.39, 0.29) is 24.6 Å². The fraction of sp³-hybridized carbons (Fsp3) is 0.462. The van der Waals surface area contributed by atoms with E-state index >= 15 is 0 Å². The van der Waals surface area contributed by atoms with Gasteiger partial charge in [0.2, 0.25) is 0 Å². The van der Waals surface area contributed by atoms with Crippen molar-refractivity contribution >= 4 is 21.7 Å². The molecule has 1 aliphatic heterocycles. The molecule has 3 N–H and O–H groups in total. The van der Waals surface area contributed by atoms with Gasteiger partial charge in [-0.1, -0.05) is 22.0 Å². The molecule has 2 aliphatic rings. The minimum Gasteiger partial charge on any atom is -0.507 e. The summed E-state index contributed by atoms with van der Waals surface area (Å²) in [6.45, 7) is -0.280. The van der Waals surface area contributed by atoms with Crippen LogP contribution in [-0.2, 0) is 9.53 Å². The molecule has 0 radical (unpaired) electrons. The van der Waals surface area contributed by atoms with Crippen LogP contribution in [0.4, 0.5) is 0 Å². The van der Waals surface area contributed by atoms with Gasteiger partial charge < -0.3 is 20.1 Å². The first-order valence-corrected chi connectivity index (χ1v) is 6.86. The molecular formula is C13H15BrO5. The van der Waals surface area contributed by atoms with Crippen molar-refractivity contribution in [1.82, 2.24) is 0 Å². The Morgan fingerprint density at radius 3 is 2.84 bits per heavy atom. The van der Waals surface area contributed by atoms with Gasteiger partial charge in [0.05, 0.1) is 24.7 Å². The van der Waals surface area contributed by atoms with Gasteiger partial charge in [0.15, 0.2) is 5.78 Å². The van der Waals surface area contributed by atoms with Crippen molar-refractivity contribution in [2.24, 2.45) is 5.92 Å². The van der Waals surface area contributed by atoms with Gasteiger partial charge in [-0.15, -0.1) is 0 Å². The minimum atomic E-state index is -0.772. The number of hydrogen-bond acceptors (Lipinski definition) is 5. The summed E-state index contributed by atoms with van der Waals surface area (Å²) < 4.78 is 5.48. The smallest absolute Gasteiger partial charge is 0.168 e. The third kappa shape index (κ3) is 2.97. The van der Waals surface area contributed by atoms with Crippen LogP contribution < -0.4 is 0 Å². The molecule has 1 heterocycles. The van der Waals surface area contributed by atoms with E-state index in [1.165, 1.54) is 0 Å². The monoisotopic (exact) mass is 330 g/mol. The summed E-state index contributed by atoms with van der Waals surface area (Å²) in [5.41, 5.74) is 0.520. The average Bonchev–Trinajstić information content (AvgIpc) is 2.74. The van der Waals surface area contributed by atoms with Crippen molar-refractivity contribution in [3.8, 4) is 0 Å². The molecule has 4 atom stereocenters. The van der Waals surface area contributed by atoms with Gasteiger partial charge in [0.1, 0.15) is 11.9 Å². The number of ketones is 1. The highest BCUT2D eigenvalue weighted by molar-refractivity contribution is 9.11. The maximum atomic E-state index is 11.9. The van der Waals surface area contributed by atoms with Crippen molar-refractivity contribution in [1.29, 1.82) is 0 Å². The third-order valence-corrected chi connectivity index (χ3v) is 3.60.